The first kappa shape index (κ1) is 16.1. The Morgan fingerprint density at radius 1 is 1.40 bits per heavy atom. The molecule has 3 aliphatic heterocycles. The van der Waals surface area contributed by atoms with Gasteiger partial charge in [0.1, 0.15) is 30.0 Å². The van der Waals surface area contributed by atoms with Gasteiger partial charge >= 0.3 is 5.97 Å². The van der Waals surface area contributed by atoms with Crippen LogP contribution >= 0.6 is 0 Å². The average molecular weight is 345 g/mol. The lowest BCUT2D eigenvalue weighted by atomic mass is 9.77. The molecule has 1 aromatic rings. The Kier molecular flexibility index (Phi) is 3.77. The summed E-state index contributed by atoms with van der Waals surface area (Å²) in [6.45, 7) is 0.390. The number of carbonyl (C=O) groups is 2. The van der Waals surface area contributed by atoms with Crippen molar-refractivity contribution >= 4 is 11.9 Å². The van der Waals surface area contributed by atoms with Crippen LogP contribution < -0.4 is 4.74 Å². The third-order valence-corrected chi connectivity index (χ3v) is 5.08. The second kappa shape index (κ2) is 5.86. The zero-order valence-electron chi connectivity index (χ0n) is 13.4. The van der Waals surface area contributed by atoms with E-state index in [4.69, 9.17) is 9.47 Å². The van der Waals surface area contributed by atoms with E-state index in [1.807, 2.05) is 18.2 Å². The van der Waals surface area contributed by atoms with Gasteiger partial charge in [-0.3, -0.25) is 9.59 Å². The lowest BCUT2D eigenvalue weighted by Crippen LogP contribution is -2.40. The first-order valence-corrected chi connectivity index (χ1v) is 8.25. The van der Waals surface area contributed by atoms with Crippen molar-refractivity contribution in [1.82, 2.24) is 4.90 Å². The lowest BCUT2D eigenvalue weighted by molar-refractivity contribution is -0.148. The van der Waals surface area contributed by atoms with E-state index in [-0.39, 0.29) is 25.6 Å². The van der Waals surface area contributed by atoms with Gasteiger partial charge < -0.3 is 24.6 Å². The molecule has 7 heteroatoms. The molecule has 1 spiro atoms. The highest BCUT2D eigenvalue weighted by Crippen LogP contribution is 2.51. The van der Waals surface area contributed by atoms with Gasteiger partial charge in [0.05, 0.1) is 25.1 Å². The highest BCUT2D eigenvalue weighted by atomic mass is 16.5. The van der Waals surface area contributed by atoms with Crippen LogP contribution in [-0.2, 0) is 14.3 Å². The van der Waals surface area contributed by atoms with Crippen LogP contribution in [0, 0.1) is 11.8 Å². The normalized spacial score (nSPS) is 33.6. The number of aliphatic hydroxyl groups excluding tert-OH is 1. The van der Waals surface area contributed by atoms with Crippen LogP contribution in [-0.4, -0.2) is 64.5 Å². The quantitative estimate of drug-likeness (QED) is 0.720. The molecule has 5 atom stereocenters. The molecular formula is C18H19NO6. The highest BCUT2D eigenvalue weighted by Gasteiger charge is 2.67. The van der Waals surface area contributed by atoms with Crippen molar-refractivity contribution in [3.63, 3.8) is 0 Å². The summed E-state index contributed by atoms with van der Waals surface area (Å²) in [7, 11) is 0. The molecule has 2 N–H and O–H groups in total. The topological polar surface area (TPSA) is 96.3 Å². The van der Waals surface area contributed by atoms with Gasteiger partial charge in [-0.05, 0) is 12.1 Å². The molecule has 0 saturated carbocycles. The molecule has 7 nitrogen and oxygen atoms in total. The maximum Gasteiger partial charge on any atom is 0.310 e. The molecule has 25 heavy (non-hydrogen) atoms. The minimum absolute atomic E-state index is 0.0488. The van der Waals surface area contributed by atoms with Gasteiger partial charge in [-0.25, -0.2) is 0 Å². The van der Waals surface area contributed by atoms with Gasteiger partial charge in [-0.1, -0.05) is 30.4 Å². The minimum Gasteiger partial charge on any atom is -0.491 e. The van der Waals surface area contributed by atoms with E-state index in [9.17, 15) is 19.8 Å². The Morgan fingerprint density at radius 3 is 2.88 bits per heavy atom. The molecule has 4 rings (SSSR count). The number of para-hydroxylation sites is 1. The number of carbonyl (C=O) groups excluding carboxylic acids is 1. The van der Waals surface area contributed by atoms with Crippen molar-refractivity contribution in [3.05, 3.63) is 42.5 Å². The predicted molar refractivity (Wildman–Crippen MR) is 85.9 cm³/mol. The van der Waals surface area contributed by atoms with E-state index in [0.29, 0.717) is 5.75 Å². The van der Waals surface area contributed by atoms with Crippen molar-refractivity contribution in [2.75, 3.05) is 19.7 Å². The summed E-state index contributed by atoms with van der Waals surface area (Å²) >= 11 is 0. The monoisotopic (exact) mass is 345 g/mol. The fourth-order valence-corrected chi connectivity index (χ4v) is 4.03. The van der Waals surface area contributed by atoms with Crippen LogP contribution in [0.15, 0.2) is 42.5 Å². The van der Waals surface area contributed by atoms with Crippen LogP contribution in [0.5, 0.6) is 5.75 Å². The number of benzene rings is 1. The second-order valence-electron chi connectivity index (χ2n) is 6.73. The molecule has 0 unspecified atom stereocenters. The molecule has 1 amide bonds. The summed E-state index contributed by atoms with van der Waals surface area (Å²) in [5.41, 5.74) is -0.870. The molecule has 132 valence electrons. The molecule has 2 bridgehead atoms. The molecule has 0 aromatic heterocycles. The molecular weight excluding hydrogens is 326 g/mol. The van der Waals surface area contributed by atoms with E-state index in [0.717, 1.165) is 0 Å². The predicted octanol–water partition coefficient (Wildman–Crippen LogP) is 0.293. The Bertz CT molecular complexity index is 720. The summed E-state index contributed by atoms with van der Waals surface area (Å²) in [4.78, 5) is 25.7. The summed E-state index contributed by atoms with van der Waals surface area (Å²) in [5.74, 6) is -2.24. The number of likely N-dealkylation sites (tertiary alicyclic amines) is 1. The Balaban J connectivity index is 1.40. The highest BCUT2D eigenvalue weighted by molar-refractivity contribution is 5.90. The van der Waals surface area contributed by atoms with Gasteiger partial charge in [0, 0.05) is 0 Å². The molecule has 2 fully saturated rings. The van der Waals surface area contributed by atoms with Crippen molar-refractivity contribution in [1.29, 1.82) is 0 Å². The van der Waals surface area contributed by atoms with Crippen LogP contribution in [0.4, 0.5) is 0 Å². The van der Waals surface area contributed by atoms with Gasteiger partial charge in [0.25, 0.3) is 0 Å². The van der Waals surface area contributed by atoms with Crippen molar-refractivity contribution in [2.45, 2.75) is 17.8 Å². The number of aliphatic hydroxyl groups is 1. The zero-order valence-corrected chi connectivity index (χ0v) is 13.4. The molecule has 0 aliphatic carbocycles. The van der Waals surface area contributed by atoms with Crippen molar-refractivity contribution in [2.24, 2.45) is 11.8 Å². The Labute approximate surface area is 144 Å². The summed E-state index contributed by atoms with van der Waals surface area (Å²) in [6.07, 6.45) is 2.11. The van der Waals surface area contributed by atoms with Crippen LogP contribution in [0.25, 0.3) is 0 Å². The average Bonchev–Trinajstić information content (AvgIpc) is 3.22. The Morgan fingerprint density at radius 2 is 2.16 bits per heavy atom. The zero-order chi connectivity index (χ0) is 17.6. The number of ether oxygens (including phenoxy) is 2. The Hall–Kier alpha value is -2.38. The number of hydrogen-bond acceptors (Lipinski definition) is 5. The first-order valence-electron chi connectivity index (χ1n) is 8.25. The van der Waals surface area contributed by atoms with Gasteiger partial charge in [0.2, 0.25) is 5.91 Å². The maximum absolute atomic E-state index is 12.7. The number of rotatable bonds is 6. The minimum atomic E-state index is -1.02. The van der Waals surface area contributed by atoms with E-state index in [1.165, 1.54) is 4.90 Å². The van der Waals surface area contributed by atoms with E-state index in [1.54, 1.807) is 24.3 Å². The first-order chi connectivity index (χ1) is 12.0. The number of β-amino-alcohol motifs (C(OH)–C–C–N with tert-alkyl or cyclic N) is 1. The van der Waals surface area contributed by atoms with Crippen LogP contribution in [0.3, 0.4) is 0 Å². The third-order valence-electron chi connectivity index (χ3n) is 5.08. The van der Waals surface area contributed by atoms with Gasteiger partial charge in [-0.15, -0.1) is 0 Å². The molecule has 3 heterocycles. The number of nitrogens with zero attached hydrogens (tertiary/aromatic N) is 1. The van der Waals surface area contributed by atoms with Crippen molar-refractivity contribution < 1.29 is 29.3 Å². The second-order valence-corrected chi connectivity index (χ2v) is 6.73. The molecule has 0 radical (unpaired) electrons. The van der Waals surface area contributed by atoms with E-state index >= 15 is 0 Å². The number of amides is 1. The molecule has 1 aromatic carbocycles. The SMILES string of the molecule is O=C(O)[C@@H]1[C@@H]2C=C[C@@]3(CN(C[C@H](O)COc4ccccc4)C(=O)[C@@H]13)O2. The van der Waals surface area contributed by atoms with E-state index in [2.05, 4.69) is 0 Å². The summed E-state index contributed by atoms with van der Waals surface area (Å²) < 4.78 is 11.3. The van der Waals surface area contributed by atoms with Gasteiger partial charge in [-0.2, -0.15) is 0 Å². The van der Waals surface area contributed by atoms with Crippen molar-refractivity contribution in [3.8, 4) is 5.75 Å². The number of carboxylic acids is 1. The molecule has 2 saturated heterocycles. The lowest BCUT2D eigenvalue weighted by Gasteiger charge is -2.23. The largest absolute Gasteiger partial charge is 0.491 e. The number of hydrogen-bond donors (Lipinski definition) is 2. The van der Waals surface area contributed by atoms with Crippen LogP contribution in [0.2, 0.25) is 0 Å². The molecule has 3 aliphatic rings. The van der Waals surface area contributed by atoms with E-state index < -0.39 is 35.6 Å². The fraction of sp³-hybridized carbons (Fsp3) is 0.444. The standard InChI is InChI=1S/C18H19NO6/c20-11(9-24-12-4-2-1-3-5-12)8-19-10-18-7-6-13(25-18)14(17(22)23)15(18)16(19)21/h1-7,11,13-15,20H,8-10H2,(H,22,23)/t11-,13-,14+,15+,18-/m0/s1. The third kappa shape index (κ3) is 2.60. The van der Waals surface area contributed by atoms with Gasteiger partial charge in [0.15, 0.2) is 0 Å². The number of carboxylic acid groups (broad SMARTS) is 1. The number of aliphatic carboxylic acids is 1. The number of fused-ring (bicyclic) bond motifs is 1. The maximum atomic E-state index is 12.7. The fourth-order valence-electron chi connectivity index (χ4n) is 4.03. The van der Waals surface area contributed by atoms with Crippen LogP contribution in [0.1, 0.15) is 0 Å². The summed E-state index contributed by atoms with van der Waals surface area (Å²) in [6, 6.07) is 9.10. The smallest absolute Gasteiger partial charge is 0.310 e. The summed E-state index contributed by atoms with van der Waals surface area (Å²) in [5, 5.41) is 19.6.